The van der Waals surface area contributed by atoms with Gasteiger partial charge in [-0.1, -0.05) is 19.9 Å². The summed E-state index contributed by atoms with van der Waals surface area (Å²) in [5.74, 6) is -1.02. The zero-order valence-electron chi connectivity index (χ0n) is 12.2. The van der Waals surface area contributed by atoms with Crippen LogP contribution in [0.15, 0.2) is 18.2 Å². The monoisotopic (exact) mass is 311 g/mol. The van der Waals surface area contributed by atoms with Crippen molar-refractivity contribution < 1.29 is 8.78 Å². The van der Waals surface area contributed by atoms with Gasteiger partial charge in [-0.3, -0.25) is 0 Å². The molecule has 0 fully saturated rings. The molecular formula is C15H19F2N3S. The van der Waals surface area contributed by atoms with Crippen LogP contribution in [0.5, 0.6) is 0 Å². The maximum atomic E-state index is 13.1. The fourth-order valence-corrected chi connectivity index (χ4v) is 2.75. The molecule has 0 atom stereocenters. The molecule has 1 N–H and O–H groups in total. The van der Waals surface area contributed by atoms with E-state index in [0.717, 1.165) is 35.6 Å². The molecule has 0 amide bonds. The summed E-state index contributed by atoms with van der Waals surface area (Å²) in [6.07, 6.45) is 1.32. The highest BCUT2D eigenvalue weighted by molar-refractivity contribution is 7.11. The number of nitrogens with zero attached hydrogens (tertiary/aromatic N) is 2. The van der Waals surface area contributed by atoms with Crippen LogP contribution in [0.2, 0.25) is 0 Å². The summed E-state index contributed by atoms with van der Waals surface area (Å²) in [6, 6.07) is 3.92. The number of rotatable bonds is 7. The summed E-state index contributed by atoms with van der Waals surface area (Å²) in [6.45, 7) is 6.19. The van der Waals surface area contributed by atoms with Gasteiger partial charge >= 0.3 is 0 Å². The van der Waals surface area contributed by atoms with Gasteiger partial charge in [-0.15, -0.1) is 21.5 Å². The fourth-order valence-electron chi connectivity index (χ4n) is 1.87. The van der Waals surface area contributed by atoms with Crippen molar-refractivity contribution in [1.82, 2.24) is 15.5 Å². The number of aromatic nitrogens is 2. The van der Waals surface area contributed by atoms with Gasteiger partial charge in [0.25, 0.3) is 0 Å². The third-order valence-corrected chi connectivity index (χ3v) is 3.90. The molecule has 0 unspecified atom stereocenters. The van der Waals surface area contributed by atoms with Gasteiger partial charge in [0.2, 0.25) is 0 Å². The van der Waals surface area contributed by atoms with Crippen LogP contribution in [0.1, 0.15) is 29.4 Å². The molecule has 0 aliphatic carbocycles. The molecule has 114 valence electrons. The minimum Gasteiger partial charge on any atom is -0.316 e. The molecule has 1 aromatic heterocycles. The van der Waals surface area contributed by atoms with Crippen molar-refractivity contribution in [3.63, 3.8) is 0 Å². The smallest absolute Gasteiger partial charge is 0.159 e. The summed E-state index contributed by atoms with van der Waals surface area (Å²) in [5.41, 5.74) is 0.703. The minimum atomic E-state index is -0.826. The summed E-state index contributed by atoms with van der Waals surface area (Å²) in [7, 11) is 0. The maximum absolute atomic E-state index is 13.1. The van der Waals surface area contributed by atoms with E-state index in [9.17, 15) is 8.78 Å². The number of hydrogen-bond donors (Lipinski definition) is 1. The predicted octanol–water partition coefficient (Wildman–Crippen LogP) is 3.20. The van der Waals surface area contributed by atoms with Crippen LogP contribution < -0.4 is 5.32 Å². The van der Waals surface area contributed by atoms with Crippen molar-refractivity contribution in [2.75, 3.05) is 13.1 Å². The zero-order valence-corrected chi connectivity index (χ0v) is 13.0. The first-order valence-electron chi connectivity index (χ1n) is 7.00. The molecule has 2 aromatic rings. The molecule has 0 spiro atoms. The first-order chi connectivity index (χ1) is 10.0. The van der Waals surface area contributed by atoms with Gasteiger partial charge in [-0.05, 0) is 30.2 Å². The van der Waals surface area contributed by atoms with Gasteiger partial charge in [0.15, 0.2) is 11.6 Å². The fraction of sp³-hybridized carbons (Fsp3) is 0.467. The molecule has 2 rings (SSSR count). The van der Waals surface area contributed by atoms with E-state index >= 15 is 0 Å². The molecule has 0 radical (unpaired) electrons. The second-order valence-corrected chi connectivity index (χ2v) is 6.51. The molecule has 6 heteroatoms. The molecule has 21 heavy (non-hydrogen) atoms. The Kier molecular flexibility index (Phi) is 5.76. The highest BCUT2D eigenvalue weighted by atomic mass is 32.1. The molecule has 3 nitrogen and oxygen atoms in total. The van der Waals surface area contributed by atoms with Crippen LogP contribution in [0.4, 0.5) is 8.78 Å². The van der Waals surface area contributed by atoms with Crippen molar-refractivity contribution in [3.8, 4) is 0 Å². The molecular weight excluding hydrogens is 292 g/mol. The summed E-state index contributed by atoms with van der Waals surface area (Å²) in [5, 5.41) is 13.4. The lowest BCUT2D eigenvalue weighted by Crippen LogP contribution is -2.22. The van der Waals surface area contributed by atoms with Gasteiger partial charge in [0.1, 0.15) is 10.0 Å². The van der Waals surface area contributed by atoms with E-state index < -0.39 is 11.6 Å². The molecule has 1 heterocycles. The highest BCUT2D eigenvalue weighted by Crippen LogP contribution is 2.16. The SMILES string of the molecule is CC(C)CNCCc1nnc(Cc2ccc(F)c(F)c2)s1. The lowest BCUT2D eigenvalue weighted by molar-refractivity contribution is 0.507. The van der Waals surface area contributed by atoms with E-state index in [2.05, 4.69) is 29.4 Å². The van der Waals surface area contributed by atoms with Crippen LogP contribution >= 0.6 is 11.3 Å². The van der Waals surface area contributed by atoms with Gasteiger partial charge in [-0.25, -0.2) is 8.78 Å². The van der Waals surface area contributed by atoms with Gasteiger partial charge in [0, 0.05) is 19.4 Å². The second-order valence-electron chi connectivity index (χ2n) is 5.36. The lowest BCUT2D eigenvalue weighted by atomic mass is 10.1. The number of nitrogens with one attached hydrogen (secondary N) is 1. The van der Waals surface area contributed by atoms with Crippen LogP contribution in [-0.2, 0) is 12.8 Å². The molecule has 1 aromatic carbocycles. The Hall–Kier alpha value is -1.40. The highest BCUT2D eigenvalue weighted by Gasteiger charge is 2.08. The first kappa shape index (κ1) is 16.0. The van der Waals surface area contributed by atoms with Crippen molar-refractivity contribution in [2.45, 2.75) is 26.7 Å². The standard InChI is InChI=1S/C15H19F2N3S/c1-10(2)9-18-6-5-14-19-20-15(21-14)8-11-3-4-12(16)13(17)7-11/h3-4,7,10,18H,5-6,8-9H2,1-2H3. The molecule has 0 bridgehead atoms. The largest absolute Gasteiger partial charge is 0.316 e. The van der Waals surface area contributed by atoms with Crippen molar-refractivity contribution in [1.29, 1.82) is 0 Å². The van der Waals surface area contributed by atoms with Gasteiger partial charge in [-0.2, -0.15) is 0 Å². The van der Waals surface area contributed by atoms with E-state index in [0.29, 0.717) is 17.9 Å². The zero-order chi connectivity index (χ0) is 15.2. The normalized spacial score (nSPS) is 11.3. The average Bonchev–Trinajstić information content (AvgIpc) is 2.86. The predicted molar refractivity (Wildman–Crippen MR) is 80.5 cm³/mol. The Bertz CT molecular complexity index is 584. The summed E-state index contributed by atoms with van der Waals surface area (Å²) in [4.78, 5) is 0. The quantitative estimate of drug-likeness (QED) is 0.798. The third-order valence-electron chi connectivity index (χ3n) is 2.92. The molecule has 0 saturated heterocycles. The lowest BCUT2D eigenvalue weighted by Gasteiger charge is -2.05. The van der Waals surface area contributed by atoms with Crippen molar-refractivity contribution in [3.05, 3.63) is 45.4 Å². The van der Waals surface area contributed by atoms with E-state index in [1.807, 2.05) is 0 Å². The molecule has 0 aliphatic rings. The van der Waals surface area contributed by atoms with Crippen LogP contribution in [-0.4, -0.2) is 23.3 Å². The topological polar surface area (TPSA) is 37.8 Å². The first-order valence-corrected chi connectivity index (χ1v) is 7.82. The van der Waals surface area contributed by atoms with Gasteiger partial charge in [0.05, 0.1) is 0 Å². The van der Waals surface area contributed by atoms with Crippen molar-refractivity contribution in [2.24, 2.45) is 5.92 Å². The van der Waals surface area contributed by atoms with Crippen LogP contribution in [0.25, 0.3) is 0 Å². The van der Waals surface area contributed by atoms with E-state index in [1.165, 1.54) is 17.4 Å². The minimum absolute atomic E-state index is 0.480. The van der Waals surface area contributed by atoms with E-state index in [-0.39, 0.29) is 0 Å². The third kappa shape index (κ3) is 5.13. The summed E-state index contributed by atoms with van der Waals surface area (Å²) < 4.78 is 26.0. The summed E-state index contributed by atoms with van der Waals surface area (Å²) >= 11 is 1.52. The number of benzene rings is 1. The molecule has 0 saturated carbocycles. The van der Waals surface area contributed by atoms with Crippen LogP contribution in [0.3, 0.4) is 0 Å². The molecule has 0 aliphatic heterocycles. The van der Waals surface area contributed by atoms with E-state index in [4.69, 9.17) is 0 Å². The Morgan fingerprint density at radius 1 is 1.14 bits per heavy atom. The Morgan fingerprint density at radius 2 is 1.90 bits per heavy atom. The Labute approximate surface area is 127 Å². The second kappa shape index (κ2) is 7.56. The van der Waals surface area contributed by atoms with Crippen molar-refractivity contribution >= 4 is 11.3 Å². The van der Waals surface area contributed by atoms with Gasteiger partial charge < -0.3 is 5.32 Å². The number of hydrogen-bond acceptors (Lipinski definition) is 4. The maximum Gasteiger partial charge on any atom is 0.159 e. The van der Waals surface area contributed by atoms with Crippen LogP contribution in [0, 0.1) is 17.6 Å². The van der Waals surface area contributed by atoms with E-state index in [1.54, 1.807) is 6.07 Å². The Morgan fingerprint density at radius 3 is 2.62 bits per heavy atom. The number of halogens is 2. The average molecular weight is 311 g/mol. The Balaban J connectivity index is 1.86.